The minimum absolute atomic E-state index is 0.622. The molecular weight excluding hydrogens is 400 g/mol. The lowest BCUT2D eigenvalue weighted by molar-refractivity contribution is 0.625. The Bertz CT molecular complexity index is 376. The number of likely N-dealkylation sites (N-methyl/N-ethyl adjacent to an activating group) is 1. The molecule has 2 rings (SSSR count). The van der Waals surface area contributed by atoms with E-state index in [4.69, 9.17) is 0 Å². The van der Waals surface area contributed by atoms with E-state index in [9.17, 15) is 0 Å². The molecule has 3 heteroatoms. The standard InChI is InChI=1S/C11H13I2N/c1-6-7(2)14(3)10-5-8(12)4-9(13)11(6)10/h4-7H,1-3H3. The van der Waals surface area contributed by atoms with Gasteiger partial charge in [-0.3, -0.25) is 0 Å². The van der Waals surface area contributed by atoms with Crippen LogP contribution in [0.25, 0.3) is 0 Å². The van der Waals surface area contributed by atoms with E-state index >= 15 is 0 Å². The first-order valence-corrected chi connectivity index (χ1v) is 6.90. The van der Waals surface area contributed by atoms with Crippen LogP contribution in [-0.2, 0) is 0 Å². The molecule has 1 nitrogen and oxygen atoms in total. The molecule has 1 heterocycles. The minimum atomic E-state index is 0.622. The van der Waals surface area contributed by atoms with Gasteiger partial charge in [0, 0.05) is 31.8 Å². The number of hydrogen-bond donors (Lipinski definition) is 0. The van der Waals surface area contributed by atoms with Gasteiger partial charge in [-0.05, 0) is 69.8 Å². The predicted octanol–water partition coefficient (Wildman–Crippen LogP) is 3.84. The van der Waals surface area contributed by atoms with Crippen LogP contribution in [0.5, 0.6) is 0 Å². The van der Waals surface area contributed by atoms with Crippen molar-refractivity contribution in [1.82, 2.24) is 0 Å². The van der Waals surface area contributed by atoms with Gasteiger partial charge in [-0.1, -0.05) is 6.92 Å². The largest absolute Gasteiger partial charge is 0.371 e. The maximum absolute atomic E-state index is 2.46. The second-order valence-corrected chi connectivity index (χ2v) is 6.37. The van der Waals surface area contributed by atoms with Crippen LogP contribution in [0.3, 0.4) is 0 Å². The summed E-state index contributed by atoms with van der Waals surface area (Å²) in [6, 6.07) is 5.18. The normalized spacial score (nSPS) is 25.4. The van der Waals surface area contributed by atoms with Crippen LogP contribution in [0.15, 0.2) is 12.1 Å². The molecule has 1 aromatic rings. The number of halogens is 2. The third kappa shape index (κ3) is 1.56. The zero-order chi connectivity index (χ0) is 10.5. The van der Waals surface area contributed by atoms with Crippen molar-refractivity contribution in [3.8, 4) is 0 Å². The maximum Gasteiger partial charge on any atom is 0.0423 e. The van der Waals surface area contributed by atoms with E-state index in [1.807, 2.05) is 0 Å². The number of nitrogens with zero attached hydrogens (tertiary/aromatic N) is 1. The number of rotatable bonds is 0. The molecule has 2 unspecified atom stereocenters. The van der Waals surface area contributed by atoms with Crippen LogP contribution in [-0.4, -0.2) is 13.1 Å². The topological polar surface area (TPSA) is 3.24 Å². The van der Waals surface area contributed by atoms with Gasteiger partial charge >= 0.3 is 0 Å². The monoisotopic (exact) mass is 413 g/mol. The highest BCUT2D eigenvalue weighted by molar-refractivity contribution is 14.1. The Morgan fingerprint density at radius 2 is 1.86 bits per heavy atom. The van der Waals surface area contributed by atoms with Gasteiger partial charge in [-0.25, -0.2) is 0 Å². The van der Waals surface area contributed by atoms with Crippen LogP contribution in [0.2, 0.25) is 0 Å². The molecule has 0 fully saturated rings. The highest BCUT2D eigenvalue weighted by Crippen LogP contribution is 2.42. The molecule has 14 heavy (non-hydrogen) atoms. The summed E-state index contributed by atoms with van der Waals surface area (Å²) < 4.78 is 2.74. The van der Waals surface area contributed by atoms with Gasteiger partial charge in [0.05, 0.1) is 0 Å². The number of fused-ring (bicyclic) bond motifs is 1. The second kappa shape index (κ2) is 3.81. The quantitative estimate of drug-likeness (QED) is 0.585. The summed E-state index contributed by atoms with van der Waals surface area (Å²) in [6.07, 6.45) is 0. The van der Waals surface area contributed by atoms with Crippen LogP contribution >= 0.6 is 45.2 Å². The van der Waals surface area contributed by atoms with Crippen molar-refractivity contribution >= 4 is 50.9 Å². The van der Waals surface area contributed by atoms with Crippen molar-refractivity contribution < 1.29 is 0 Å². The molecule has 2 atom stereocenters. The van der Waals surface area contributed by atoms with Gasteiger partial charge in [-0.2, -0.15) is 0 Å². The molecule has 0 bridgehead atoms. The van der Waals surface area contributed by atoms with Crippen molar-refractivity contribution in [1.29, 1.82) is 0 Å². The molecule has 1 aliphatic heterocycles. The number of hydrogen-bond acceptors (Lipinski definition) is 1. The van der Waals surface area contributed by atoms with Gasteiger partial charge in [0.15, 0.2) is 0 Å². The van der Waals surface area contributed by atoms with E-state index in [-0.39, 0.29) is 0 Å². The van der Waals surface area contributed by atoms with E-state index in [1.54, 1.807) is 0 Å². The average molecular weight is 413 g/mol. The molecule has 0 amide bonds. The summed E-state index contributed by atoms with van der Waals surface area (Å²) >= 11 is 4.85. The fraction of sp³-hybridized carbons (Fsp3) is 0.455. The van der Waals surface area contributed by atoms with Gasteiger partial charge in [-0.15, -0.1) is 0 Å². The summed E-state index contributed by atoms with van der Waals surface area (Å²) in [7, 11) is 2.19. The molecule has 0 spiro atoms. The lowest BCUT2D eigenvalue weighted by Gasteiger charge is -2.20. The van der Waals surface area contributed by atoms with Gasteiger partial charge in [0.1, 0.15) is 0 Å². The van der Waals surface area contributed by atoms with Crippen molar-refractivity contribution in [3.05, 3.63) is 24.8 Å². The third-order valence-corrected chi connectivity index (χ3v) is 4.76. The van der Waals surface area contributed by atoms with Crippen molar-refractivity contribution in [3.63, 3.8) is 0 Å². The molecule has 0 N–H and O–H groups in total. The van der Waals surface area contributed by atoms with E-state index < -0.39 is 0 Å². The van der Waals surface area contributed by atoms with E-state index in [2.05, 4.69) is 83.1 Å². The first-order chi connectivity index (χ1) is 6.52. The SMILES string of the molecule is CC1c2c(I)cc(I)cc2N(C)C1C. The smallest absolute Gasteiger partial charge is 0.0423 e. The first kappa shape index (κ1) is 11.0. The minimum Gasteiger partial charge on any atom is -0.371 e. The summed E-state index contributed by atoms with van der Waals surface area (Å²) in [6.45, 7) is 4.62. The lowest BCUT2D eigenvalue weighted by Crippen LogP contribution is -2.25. The van der Waals surface area contributed by atoms with E-state index in [0.717, 1.165) is 0 Å². The van der Waals surface area contributed by atoms with Crippen LogP contribution in [0.4, 0.5) is 5.69 Å². The maximum atomic E-state index is 2.46. The number of benzene rings is 1. The Hall–Kier alpha value is 0.480. The molecule has 1 aromatic carbocycles. The van der Waals surface area contributed by atoms with Crippen molar-refractivity contribution in [2.45, 2.75) is 25.8 Å². The van der Waals surface area contributed by atoms with E-state index in [1.165, 1.54) is 18.4 Å². The Kier molecular flexibility index (Phi) is 2.99. The fourth-order valence-electron chi connectivity index (χ4n) is 2.11. The molecule has 0 radical (unpaired) electrons. The molecule has 0 saturated heterocycles. The highest BCUT2D eigenvalue weighted by Gasteiger charge is 2.31. The molecule has 1 aliphatic rings. The average Bonchev–Trinajstić information content (AvgIpc) is 2.31. The van der Waals surface area contributed by atoms with Crippen molar-refractivity contribution in [2.24, 2.45) is 0 Å². The second-order valence-electron chi connectivity index (χ2n) is 3.96. The summed E-state index contributed by atoms with van der Waals surface area (Å²) in [4.78, 5) is 2.39. The molecule has 0 aromatic heterocycles. The Morgan fingerprint density at radius 1 is 1.21 bits per heavy atom. The van der Waals surface area contributed by atoms with Gasteiger partial charge in [0.2, 0.25) is 0 Å². The Balaban J connectivity index is 2.63. The van der Waals surface area contributed by atoms with Crippen LogP contribution in [0, 0.1) is 7.14 Å². The third-order valence-electron chi connectivity index (χ3n) is 3.24. The summed E-state index contributed by atoms with van der Waals surface area (Å²) in [5, 5.41) is 0. The zero-order valence-electron chi connectivity index (χ0n) is 8.51. The van der Waals surface area contributed by atoms with Gasteiger partial charge in [0.25, 0.3) is 0 Å². The number of anilines is 1. The van der Waals surface area contributed by atoms with Crippen LogP contribution in [0.1, 0.15) is 25.3 Å². The fourth-order valence-corrected chi connectivity index (χ4v) is 4.41. The molecule has 76 valence electrons. The highest BCUT2D eigenvalue weighted by atomic mass is 127. The Labute approximate surface area is 113 Å². The molecular formula is C11H13I2N. The lowest BCUT2D eigenvalue weighted by atomic mass is 9.99. The summed E-state index contributed by atoms with van der Waals surface area (Å²) in [5.74, 6) is 0.652. The summed E-state index contributed by atoms with van der Waals surface area (Å²) in [5.41, 5.74) is 2.95. The molecule has 0 aliphatic carbocycles. The predicted molar refractivity (Wildman–Crippen MR) is 78.2 cm³/mol. The molecule has 0 saturated carbocycles. The van der Waals surface area contributed by atoms with E-state index in [0.29, 0.717) is 12.0 Å². The zero-order valence-corrected chi connectivity index (χ0v) is 12.8. The Morgan fingerprint density at radius 3 is 2.50 bits per heavy atom. The van der Waals surface area contributed by atoms with Crippen molar-refractivity contribution in [2.75, 3.05) is 11.9 Å². The van der Waals surface area contributed by atoms with Gasteiger partial charge < -0.3 is 4.90 Å². The van der Waals surface area contributed by atoms with Crippen LogP contribution < -0.4 is 4.90 Å². The first-order valence-electron chi connectivity index (χ1n) is 4.74.